The summed E-state index contributed by atoms with van der Waals surface area (Å²) in [6.07, 6.45) is 1.82. The highest BCUT2D eigenvalue weighted by Gasteiger charge is 2.03. The second-order valence-electron chi connectivity index (χ2n) is 4.88. The second-order valence-corrected chi connectivity index (χ2v) is 4.88. The first kappa shape index (κ1) is 14.5. The molecule has 0 aliphatic carbocycles. The molecule has 4 heteroatoms. The van der Waals surface area contributed by atoms with Crippen molar-refractivity contribution >= 4 is 0 Å². The summed E-state index contributed by atoms with van der Waals surface area (Å²) in [7, 11) is 3.78. The van der Waals surface area contributed by atoms with Crippen LogP contribution in [0.4, 0.5) is 0 Å². The first-order valence-corrected chi connectivity index (χ1v) is 6.66. The predicted molar refractivity (Wildman–Crippen MR) is 80.3 cm³/mol. The Morgan fingerprint density at radius 1 is 1.10 bits per heavy atom. The molecule has 4 nitrogen and oxygen atoms in total. The number of pyridine rings is 1. The topological polar surface area (TPSA) is 51.4 Å². The zero-order valence-electron chi connectivity index (χ0n) is 12.0. The molecule has 0 saturated carbocycles. The SMILES string of the molecule is COc1ccc(CN(C)Cc2ccnc(CN)c2)cc1. The number of methoxy groups -OCH3 is 1. The first-order chi connectivity index (χ1) is 9.71. The van der Waals surface area contributed by atoms with Crippen LogP contribution in [-0.4, -0.2) is 24.0 Å². The van der Waals surface area contributed by atoms with Crippen molar-refractivity contribution in [3.63, 3.8) is 0 Å². The molecule has 0 radical (unpaired) electrons. The normalized spacial score (nSPS) is 10.8. The average Bonchev–Trinajstić information content (AvgIpc) is 2.48. The van der Waals surface area contributed by atoms with Crippen LogP contribution in [0.15, 0.2) is 42.6 Å². The molecule has 1 aromatic carbocycles. The van der Waals surface area contributed by atoms with Gasteiger partial charge in [-0.2, -0.15) is 0 Å². The summed E-state index contributed by atoms with van der Waals surface area (Å²) in [6, 6.07) is 12.2. The fourth-order valence-corrected chi connectivity index (χ4v) is 2.15. The molecule has 20 heavy (non-hydrogen) atoms. The molecule has 2 N–H and O–H groups in total. The van der Waals surface area contributed by atoms with Gasteiger partial charge in [-0.05, 0) is 42.4 Å². The first-order valence-electron chi connectivity index (χ1n) is 6.66. The lowest BCUT2D eigenvalue weighted by Gasteiger charge is -2.17. The van der Waals surface area contributed by atoms with Crippen molar-refractivity contribution in [2.45, 2.75) is 19.6 Å². The lowest BCUT2D eigenvalue weighted by Crippen LogP contribution is -2.17. The Bertz CT molecular complexity index is 540. The Morgan fingerprint density at radius 3 is 2.45 bits per heavy atom. The van der Waals surface area contributed by atoms with E-state index in [0.29, 0.717) is 6.54 Å². The van der Waals surface area contributed by atoms with Crippen LogP contribution in [0.25, 0.3) is 0 Å². The average molecular weight is 271 g/mol. The number of nitrogens with zero attached hydrogens (tertiary/aromatic N) is 2. The molecule has 0 bridgehead atoms. The molecule has 0 fully saturated rings. The lowest BCUT2D eigenvalue weighted by molar-refractivity contribution is 0.318. The van der Waals surface area contributed by atoms with Crippen LogP contribution < -0.4 is 10.5 Å². The van der Waals surface area contributed by atoms with Crippen molar-refractivity contribution in [3.8, 4) is 5.75 Å². The van der Waals surface area contributed by atoms with Crippen molar-refractivity contribution in [2.24, 2.45) is 5.73 Å². The lowest BCUT2D eigenvalue weighted by atomic mass is 10.2. The number of hydrogen-bond acceptors (Lipinski definition) is 4. The van der Waals surface area contributed by atoms with E-state index in [9.17, 15) is 0 Å². The molecule has 2 aromatic rings. The highest BCUT2D eigenvalue weighted by molar-refractivity contribution is 5.27. The summed E-state index contributed by atoms with van der Waals surface area (Å²) in [6.45, 7) is 2.25. The zero-order chi connectivity index (χ0) is 14.4. The van der Waals surface area contributed by atoms with Gasteiger partial charge >= 0.3 is 0 Å². The van der Waals surface area contributed by atoms with Crippen molar-refractivity contribution in [3.05, 3.63) is 59.4 Å². The fraction of sp³-hybridized carbons (Fsp3) is 0.312. The molecule has 2 rings (SSSR count). The minimum Gasteiger partial charge on any atom is -0.497 e. The Labute approximate surface area is 120 Å². The third kappa shape index (κ3) is 4.05. The number of hydrogen-bond donors (Lipinski definition) is 1. The molecule has 0 amide bonds. The van der Waals surface area contributed by atoms with Gasteiger partial charge in [-0.25, -0.2) is 0 Å². The smallest absolute Gasteiger partial charge is 0.118 e. The highest BCUT2D eigenvalue weighted by Crippen LogP contribution is 2.13. The van der Waals surface area contributed by atoms with Gasteiger partial charge in [-0.15, -0.1) is 0 Å². The summed E-state index contributed by atoms with van der Waals surface area (Å²) in [4.78, 5) is 6.47. The maximum Gasteiger partial charge on any atom is 0.118 e. The molecule has 0 saturated heterocycles. The van der Waals surface area contributed by atoms with Gasteiger partial charge < -0.3 is 10.5 Å². The van der Waals surface area contributed by atoms with Crippen LogP contribution in [-0.2, 0) is 19.6 Å². The van der Waals surface area contributed by atoms with Gasteiger partial charge in [-0.1, -0.05) is 12.1 Å². The molecule has 0 aliphatic rings. The maximum absolute atomic E-state index is 5.61. The molecule has 0 aliphatic heterocycles. The van der Waals surface area contributed by atoms with Crippen LogP contribution in [0.1, 0.15) is 16.8 Å². The van der Waals surface area contributed by atoms with Crippen LogP contribution in [0, 0.1) is 0 Å². The van der Waals surface area contributed by atoms with E-state index in [1.165, 1.54) is 11.1 Å². The summed E-state index contributed by atoms with van der Waals surface area (Å²) >= 11 is 0. The van der Waals surface area contributed by atoms with E-state index in [2.05, 4.69) is 35.1 Å². The molecular weight excluding hydrogens is 250 g/mol. The van der Waals surface area contributed by atoms with Gasteiger partial charge in [0.05, 0.1) is 12.8 Å². The van der Waals surface area contributed by atoms with Crippen LogP contribution in [0.3, 0.4) is 0 Å². The van der Waals surface area contributed by atoms with Crippen LogP contribution >= 0.6 is 0 Å². The summed E-state index contributed by atoms with van der Waals surface area (Å²) < 4.78 is 5.16. The van der Waals surface area contributed by atoms with Gasteiger partial charge in [-0.3, -0.25) is 9.88 Å². The number of nitrogens with two attached hydrogens (primary N) is 1. The fourth-order valence-electron chi connectivity index (χ4n) is 2.15. The van der Waals surface area contributed by atoms with Gasteiger partial charge in [0.15, 0.2) is 0 Å². The van der Waals surface area contributed by atoms with E-state index in [-0.39, 0.29) is 0 Å². The predicted octanol–water partition coefficient (Wildman–Crippen LogP) is 2.18. The zero-order valence-corrected chi connectivity index (χ0v) is 12.0. The van der Waals surface area contributed by atoms with Crippen molar-refractivity contribution in [2.75, 3.05) is 14.2 Å². The summed E-state index contributed by atoms with van der Waals surface area (Å²) in [5.41, 5.74) is 9.04. The molecule has 1 heterocycles. The third-order valence-corrected chi connectivity index (χ3v) is 3.15. The number of benzene rings is 1. The standard InChI is InChI=1S/C16H21N3O/c1-19(11-13-3-5-16(20-2)6-4-13)12-14-7-8-18-15(9-14)10-17/h3-9H,10-12,17H2,1-2H3. The molecule has 1 aromatic heterocycles. The molecule has 106 valence electrons. The Hall–Kier alpha value is -1.91. The second kappa shape index (κ2) is 7.03. The van der Waals surface area contributed by atoms with Crippen molar-refractivity contribution in [1.82, 2.24) is 9.88 Å². The monoisotopic (exact) mass is 271 g/mol. The Balaban J connectivity index is 1.95. The van der Waals surface area contributed by atoms with Crippen LogP contribution in [0.5, 0.6) is 5.75 Å². The Morgan fingerprint density at radius 2 is 1.80 bits per heavy atom. The summed E-state index contributed by atoms with van der Waals surface area (Å²) in [5.74, 6) is 0.887. The third-order valence-electron chi connectivity index (χ3n) is 3.15. The molecule has 0 spiro atoms. The van der Waals surface area contributed by atoms with E-state index in [0.717, 1.165) is 24.5 Å². The molecule has 0 atom stereocenters. The van der Waals surface area contributed by atoms with E-state index in [1.807, 2.05) is 24.4 Å². The van der Waals surface area contributed by atoms with Gasteiger partial charge in [0, 0.05) is 25.8 Å². The highest BCUT2D eigenvalue weighted by atomic mass is 16.5. The van der Waals surface area contributed by atoms with E-state index >= 15 is 0 Å². The summed E-state index contributed by atoms with van der Waals surface area (Å²) in [5, 5.41) is 0. The number of ether oxygens (including phenoxy) is 1. The van der Waals surface area contributed by atoms with E-state index in [4.69, 9.17) is 10.5 Å². The van der Waals surface area contributed by atoms with E-state index < -0.39 is 0 Å². The van der Waals surface area contributed by atoms with Gasteiger partial charge in [0.1, 0.15) is 5.75 Å². The van der Waals surface area contributed by atoms with Gasteiger partial charge in [0.25, 0.3) is 0 Å². The largest absolute Gasteiger partial charge is 0.497 e. The van der Waals surface area contributed by atoms with Crippen LogP contribution in [0.2, 0.25) is 0 Å². The van der Waals surface area contributed by atoms with Crippen molar-refractivity contribution in [1.29, 1.82) is 0 Å². The number of aromatic nitrogens is 1. The molecular formula is C16H21N3O. The maximum atomic E-state index is 5.61. The number of rotatable bonds is 6. The minimum absolute atomic E-state index is 0.482. The quantitative estimate of drug-likeness (QED) is 0.875. The van der Waals surface area contributed by atoms with Gasteiger partial charge in [0.2, 0.25) is 0 Å². The van der Waals surface area contributed by atoms with E-state index in [1.54, 1.807) is 7.11 Å². The van der Waals surface area contributed by atoms with Crippen molar-refractivity contribution < 1.29 is 4.74 Å². The minimum atomic E-state index is 0.482. The Kier molecular flexibility index (Phi) is 5.09. The molecule has 0 unspecified atom stereocenters.